The maximum absolute atomic E-state index is 10.5. The lowest BCUT2D eigenvalue weighted by molar-refractivity contribution is 0.173. The molecule has 1 aliphatic rings. The molecule has 0 fully saturated rings. The maximum atomic E-state index is 10.5. The Balaban J connectivity index is 1.87. The van der Waals surface area contributed by atoms with Crippen molar-refractivity contribution in [2.75, 3.05) is 0 Å². The van der Waals surface area contributed by atoms with Crippen LogP contribution in [0.4, 0.5) is 0 Å². The first-order valence-corrected chi connectivity index (χ1v) is 7.43. The van der Waals surface area contributed by atoms with Gasteiger partial charge in [0.25, 0.3) is 0 Å². The minimum absolute atomic E-state index is 0.554. The number of thiazole rings is 1. The number of benzene rings is 1. The van der Waals surface area contributed by atoms with Gasteiger partial charge in [-0.25, -0.2) is 4.98 Å². The summed E-state index contributed by atoms with van der Waals surface area (Å²) in [5, 5.41) is 21.8. The van der Waals surface area contributed by atoms with Crippen molar-refractivity contribution < 1.29 is 10.2 Å². The van der Waals surface area contributed by atoms with Crippen molar-refractivity contribution in [1.82, 2.24) is 9.97 Å². The molecule has 2 atom stereocenters. The summed E-state index contributed by atoms with van der Waals surface area (Å²) in [7, 11) is 0. The number of aliphatic hydroxyl groups excluding tert-OH is 2. The van der Waals surface area contributed by atoms with Crippen LogP contribution in [0.15, 0.2) is 48.8 Å². The summed E-state index contributed by atoms with van der Waals surface area (Å²) in [6.07, 6.45) is 1.90. The number of aliphatic hydroxyl groups is 2. The fourth-order valence-corrected chi connectivity index (χ4v) is 3.76. The quantitative estimate of drug-likeness (QED) is 0.724. The molecular formula is C16H12N2O2S. The zero-order valence-corrected chi connectivity index (χ0v) is 11.8. The molecule has 0 saturated heterocycles. The number of hydrogen-bond donors (Lipinski definition) is 2. The van der Waals surface area contributed by atoms with E-state index >= 15 is 0 Å². The third kappa shape index (κ3) is 1.90. The summed E-state index contributed by atoms with van der Waals surface area (Å²) >= 11 is 1.41. The predicted octanol–water partition coefficient (Wildman–Crippen LogP) is 2.68. The highest BCUT2D eigenvalue weighted by Gasteiger charge is 2.33. The SMILES string of the molecule is OC1c2ccccc2C(O)c2sc(-c3ccncc3)nc21. The highest BCUT2D eigenvalue weighted by molar-refractivity contribution is 7.15. The van der Waals surface area contributed by atoms with Crippen molar-refractivity contribution >= 4 is 11.3 Å². The lowest BCUT2D eigenvalue weighted by atomic mass is 9.89. The third-order valence-electron chi connectivity index (χ3n) is 3.70. The lowest BCUT2D eigenvalue weighted by Gasteiger charge is -2.24. The molecule has 0 bridgehead atoms. The van der Waals surface area contributed by atoms with Gasteiger partial charge >= 0.3 is 0 Å². The van der Waals surface area contributed by atoms with E-state index in [2.05, 4.69) is 9.97 Å². The van der Waals surface area contributed by atoms with E-state index < -0.39 is 12.2 Å². The molecule has 1 aliphatic carbocycles. The molecule has 104 valence electrons. The van der Waals surface area contributed by atoms with Crippen LogP contribution in [0, 0.1) is 0 Å². The van der Waals surface area contributed by atoms with Crippen LogP contribution in [0.2, 0.25) is 0 Å². The van der Waals surface area contributed by atoms with Crippen molar-refractivity contribution in [2.24, 2.45) is 0 Å². The van der Waals surface area contributed by atoms with Crippen LogP contribution in [0.5, 0.6) is 0 Å². The average Bonchev–Trinajstić information content (AvgIpc) is 2.99. The number of hydrogen-bond acceptors (Lipinski definition) is 5. The Morgan fingerprint density at radius 2 is 1.57 bits per heavy atom. The fraction of sp³-hybridized carbons (Fsp3) is 0.125. The molecule has 5 heteroatoms. The second-order valence-corrected chi connectivity index (χ2v) is 5.97. The van der Waals surface area contributed by atoms with Crippen LogP contribution in [0.3, 0.4) is 0 Å². The molecule has 1 aromatic carbocycles. The molecule has 2 unspecified atom stereocenters. The number of aromatic nitrogens is 2. The van der Waals surface area contributed by atoms with Gasteiger partial charge in [-0.2, -0.15) is 0 Å². The van der Waals surface area contributed by atoms with Crippen LogP contribution in [0.1, 0.15) is 33.9 Å². The van der Waals surface area contributed by atoms with Crippen molar-refractivity contribution in [3.63, 3.8) is 0 Å². The van der Waals surface area contributed by atoms with E-state index in [0.29, 0.717) is 10.6 Å². The summed E-state index contributed by atoms with van der Waals surface area (Å²) in [5.74, 6) is 0. The number of rotatable bonds is 1. The second kappa shape index (κ2) is 4.73. The van der Waals surface area contributed by atoms with Gasteiger partial charge < -0.3 is 10.2 Å². The normalized spacial score (nSPS) is 19.9. The van der Waals surface area contributed by atoms with Crippen molar-refractivity contribution in [3.8, 4) is 10.6 Å². The Bertz CT molecular complexity index is 755. The fourth-order valence-electron chi connectivity index (χ4n) is 2.65. The van der Waals surface area contributed by atoms with Crippen LogP contribution in [-0.4, -0.2) is 20.2 Å². The number of fused-ring (bicyclic) bond motifs is 2. The molecule has 21 heavy (non-hydrogen) atoms. The largest absolute Gasteiger partial charge is 0.383 e. The summed E-state index contributed by atoms with van der Waals surface area (Å²) in [6, 6.07) is 11.1. The van der Waals surface area contributed by atoms with Gasteiger partial charge in [-0.1, -0.05) is 24.3 Å². The predicted molar refractivity (Wildman–Crippen MR) is 79.9 cm³/mol. The van der Waals surface area contributed by atoms with Gasteiger partial charge in [0.05, 0.1) is 10.6 Å². The molecule has 0 spiro atoms. The Kier molecular flexibility index (Phi) is 2.85. The second-order valence-electron chi connectivity index (χ2n) is 4.94. The Hall–Kier alpha value is -2.08. The van der Waals surface area contributed by atoms with Crippen LogP contribution >= 0.6 is 11.3 Å². The van der Waals surface area contributed by atoms with E-state index in [0.717, 1.165) is 21.7 Å². The van der Waals surface area contributed by atoms with Crippen molar-refractivity contribution in [1.29, 1.82) is 0 Å². The van der Waals surface area contributed by atoms with Gasteiger partial charge in [-0.05, 0) is 23.3 Å². The maximum Gasteiger partial charge on any atom is 0.124 e. The molecular weight excluding hydrogens is 284 g/mol. The summed E-state index contributed by atoms with van der Waals surface area (Å²) in [4.78, 5) is 9.24. The average molecular weight is 296 g/mol. The first kappa shape index (κ1) is 12.6. The first-order valence-electron chi connectivity index (χ1n) is 6.61. The van der Waals surface area contributed by atoms with E-state index in [1.807, 2.05) is 36.4 Å². The van der Waals surface area contributed by atoms with Gasteiger partial charge in [-0.15, -0.1) is 11.3 Å². The van der Waals surface area contributed by atoms with E-state index in [1.165, 1.54) is 11.3 Å². The highest BCUT2D eigenvalue weighted by atomic mass is 32.1. The molecule has 2 N–H and O–H groups in total. The summed E-state index contributed by atoms with van der Waals surface area (Å²) in [6.45, 7) is 0. The Morgan fingerprint density at radius 1 is 0.905 bits per heavy atom. The highest BCUT2D eigenvalue weighted by Crippen LogP contribution is 2.44. The molecule has 0 amide bonds. The lowest BCUT2D eigenvalue weighted by Crippen LogP contribution is -2.16. The molecule has 0 aliphatic heterocycles. The van der Waals surface area contributed by atoms with Gasteiger partial charge in [-0.3, -0.25) is 4.98 Å². The summed E-state index contributed by atoms with van der Waals surface area (Å²) in [5.41, 5.74) is 2.97. The number of pyridine rings is 1. The van der Waals surface area contributed by atoms with E-state index in [-0.39, 0.29) is 0 Å². The van der Waals surface area contributed by atoms with E-state index in [4.69, 9.17) is 0 Å². The molecule has 2 heterocycles. The van der Waals surface area contributed by atoms with Gasteiger partial charge in [0.2, 0.25) is 0 Å². The first-order chi connectivity index (χ1) is 10.3. The Morgan fingerprint density at radius 3 is 2.29 bits per heavy atom. The van der Waals surface area contributed by atoms with Crippen molar-refractivity contribution in [3.05, 3.63) is 70.5 Å². The zero-order valence-electron chi connectivity index (χ0n) is 11.0. The molecule has 0 saturated carbocycles. The number of nitrogens with zero attached hydrogens (tertiary/aromatic N) is 2. The van der Waals surface area contributed by atoms with Crippen LogP contribution < -0.4 is 0 Å². The molecule has 3 aromatic rings. The van der Waals surface area contributed by atoms with Crippen molar-refractivity contribution in [2.45, 2.75) is 12.2 Å². The standard InChI is InChI=1S/C16H12N2O2S/c19-13-10-3-1-2-4-11(10)14(20)15-12(13)18-16(21-15)9-5-7-17-8-6-9/h1-8,13-14,19-20H. The molecule has 2 aromatic heterocycles. The molecule has 4 nitrogen and oxygen atoms in total. The zero-order chi connectivity index (χ0) is 14.4. The minimum Gasteiger partial charge on any atom is -0.383 e. The topological polar surface area (TPSA) is 66.2 Å². The molecule has 0 radical (unpaired) electrons. The molecule has 4 rings (SSSR count). The smallest absolute Gasteiger partial charge is 0.124 e. The van der Waals surface area contributed by atoms with Crippen LogP contribution in [0.25, 0.3) is 10.6 Å². The Labute approximate surface area is 125 Å². The van der Waals surface area contributed by atoms with E-state index in [1.54, 1.807) is 12.4 Å². The third-order valence-corrected chi connectivity index (χ3v) is 4.87. The monoisotopic (exact) mass is 296 g/mol. The van der Waals surface area contributed by atoms with Crippen LogP contribution in [-0.2, 0) is 0 Å². The van der Waals surface area contributed by atoms with E-state index in [9.17, 15) is 10.2 Å². The van der Waals surface area contributed by atoms with Gasteiger partial charge in [0, 0.05) is 18.0 Å². The van der Waals surface area contributed by atoms with Gasteiger partial charge in [0.1, 0.15) is 17.2 Å². The minimum atomic E-state index is -0.786. The van der Waals surface area contributed by atoms with Gasteiger partial charge in [0.15, 0.2) is 0 Å². The summed E-state index contributed by atoms with van der Waals surface area (Å²) < 4.78 is 0.